The Balaban J connectivity index is 1.86. The highest BCUT2D eigenvalue weighted by molar-refractivity contribution is 6.32. The number of nitrogens with one attached hydrogen (secondary N) is 1. The molecule has 0 aliphatic heterocycles. The molecule has 0 atom stereocenters. The average molecular weight is 379 g/mol. The molecule has 0 aliphatic rings. The number of hydrogen-bond acceptors (Lipinski definition) is 7. The standard InChI is InChI=1S/C15H15ClN6O4/c1-21-14-13(19-20-21)15(24)22(7-17-14)6-12(23)18-9-5-10(25-2)8(16)4-11(9)26-3/h4-5,7H,6H2,1-3H3,(H,18,23). The zero-order chi connectivity index (χ0) is 18.8. The zero-order valence-corrected chi connectivity index (χ0v) is 14.9. The van der Waals surface area contributed by atoms with Gasteiger partial charge in [-0.3, -0.25) is 14.2 Å². The van der Waals surface area contributed by atoms with E-state index in [0.29, 0.717) is 27.9 Å². The molecule has 1 aromatic carbocycles. The van der Waals surface area contributed by atoms with E-state index in [0.717, 1.165) is 4.57 Å². The molecule has 0 spiro atoms. The van der Waals surface area contributed by atoms with Crippen molar-refractivity contribution in [2.45, 2.75) is 6.54 Å². The molecule has 0 radical (unpaired) electrons. The molecule has 0 unspecified atom stereocenters. The van der Waals surface area contributed by atoms with Crippen LogP contribution in [-0.2, 0) is 18.4 Å². The number of hydrogen-bond donors (Lipinski definition) is 1. The van der Waals surface area contributed by atoms with Crippen LogP contribution >= 0.6 is 11.6 Å². The van der Waals surface area contributed by atoms with E-state index in [-0.39, 0.29) is 12.1 Å². The fraction of sp³-hybridized carbons (Fsp3) is 0.267. The van der Waals surface area contributed by atoms with Crippen LogP contribution in [0, 0.1) is 0 Å². The first-order chi connectivity index (χ1) is 12.4. The molecule has 0 saturated carbocycles. The summed E-state index contributed by atoms with van der Waals surface area (Å²) in [4.78, 5) is 28.8. The summed E-state index contributed by atoms with van der Waals surface area (Å²) in [6.07, 6.45) is 1.27. The number of aryl methyl sites for hydroxylation is 1. The van der Waals surface area contributed by atoms with Gasteiger partial charge in [0, 0.05) is 19.2 Å². The topological polar surface area (TPSA) is 113 Å². The lowest BCUT2D eigenvalue weighted by Gasteiger charge is -2.13. The minimum absolute atomic E-state index is 0.0912. The van der Waals surface area contributed by atoms with E-state index in [2.05, 4.69) is 20.6 Å². The van der Waals surface area contributed by atoms with Gasteiger partial charge >= 0.3 is 0 Å². The number of nitrogens with zero attached hydrogens (tertiary/aromatic N) is 5. The van der Waals surface area contributed by atoms with Crippen LogP contribution < -0.4 is 20.3 Å². The largest absolute Gasteiger partial charge is 0.495 e. The van der Waals surface area contributed by atoms with Crippen molar-refractivity contribution in [2.24, 2.45) is 7.05 Å². The molecule has 0 aliphatic carbocycles. The van der Waals surface area contributed by atoms with Gasteiger partial charge in [0.05, 0.1) is 24.9 Å². The highest BCUT2D eigenvalue weighted by Gasteiger charge is 2.15. The summed E-state index contributed by atoms with van der Waals surface area (Å²) in [5, 5.41) is 10.5. The Hall–Kier alpha value is -3.14. The maximum atomic E-state index is 12.4. The van der Waals surface area contributed by atoms with Crippen LogP contribution in [0.1, 0.15) is 0 Å². The summed E-state index contributed by atoms with van der Waals surface area (Å²) < 4.78 is 12.9. The molecule has 3 aromatic rings. The molecule has 10 nitrogen and oxygen atoms in total. The van der Waals surface area contributed by atoms with E-state index >= 15 is 0 Å². The third-order valence-corrected chi connectivity index (χ3v) is 3.94. The SMILES string of the molecule is COc1cc(NC(=O)Cn2cnc3c(nnn3C)c2=O)c(OC)cc1Cl. The van der Waals surface area contributed by atoms with Gasteiger partial charge in [-0.05, 0) is 0 Å². The second-order valence-electron chi connectivity index (χ2n) is 5.30. The number of anilines is 1. The summed E-state index contributed by atoms with van der Waals surface area (Å²) in [5.74, 6) is 0.279. The summed E-state index contributed by atoms with van der Waals surface area (Å²) in [7, 11) is 4.53. The first-order valence-corrected chi connectivity index (χ1v) is 7.78. The lowest BCUT2D eigenvalue weighted by atomic mass is 10.2. The molecule has 0 saturated heterocycles. The Morgan fingerprint density at radius 2 is 2.00 bits per heavy atom. The Kier molecular flexibility index (Phi) is 4.76. The molecule has 0 fully saturated rings. The van der Waals surface area contributed by atoms with Gasteiger partial charge in [0.15, 0.2) is 11.2 Å². The summed E-state index contributed by atoms with van der Waals surface area (Å²) >= 11 is 6.04. The fourth-order valence-electron chi connectivity index (χ4n) is 2.36. The van der Waals surface area contributed by atoms with Gasteiger partial charge in [0.25, 0.3) is 5.56 Å². The highest BCUT2D eigenvalue weighted by Crippen LogP contribution is 2.35. The number of aromatic nitrogens is 5. The summed E-state index contributed by atoms with van der Waals surface area (Å²) in [5.41, 5.74) is 0.337. The predicted octanol–water partition coefficient (Wildman–Crippen LogP) is 0.834. The Bertz CT molecular complexity index is 1040. The molecular weight excluding hydrogens is 364 g/mol. The normalized spacial score (nSPS) is 10.8. The number of halogens is 1. The highest BCUT2D eigenvalue weighted by atomic mass is 35.5. The van der Waals surface area contributed by atoms with Crippen molar-refractivity contribution in [3.8, 4) is 11.5 Å². The molecular formula is C15H15ClN6O4. The molecule has 2 heterocycles. The lowest BCUT2D eigenvalue weighted by molar-refractivity contribution is -0.116. The molecule has 26 heavy (non-hydrogen) atoms. The molecule has 11 heteroatoms. The van der Waals surface area contributed by atoms with Gasteiger partial charge in [0.2, 0.25) is 5.91 Å². The second-order valence-corrected chi connectivity index (χ2v) is 5.71. The number of rotatable bonds is 5. The minimum Gasteiger partial charge on any atom is -0.495 e. The second kappa shape index (κ2) is 7.00. The van der Waals surface area contributed by atoms with Crippen LogP contribution in [0.25, 0.3) is 11.2 Å². The van der Waals surface area contributed by atoms with Crippen LogP contribution in [0.5, 0.6) is 11.5 Å². The smallest absolute Gasteiger partial charge is 0.283 e. The van der Waals surface area contributed by atoms with Crippen LogP contribution in [0.3, 0.4) is 0 Å². The Morgan fingerprint density at radius 3 is 2.69 bits per heavy atom. The first kappa shape index (κ1) is 17.7. The van der Waals surface area contributed by atoms with Crippen molar-refractivity contribution in [3.05, 3.63) is 33.8 Å². The van der Waals surface area contributed by atoms with Gasteiger partial charge < -0.3 is 14.8 Å². The third kappa shape index (κ3) is 3.18. The first-order valence-electron chi connectivity index (χ1n) is 7.40. The van der Waals surface area contributed by atoms with Crippen molar-refractivity contribution in [2.75, 3.05) is 19.5 Å². The van der Waals surface area contributed by atoms with Crippen LogP contribution in [0.15, 0.2) is 23.3 Å². The van der Waals surface area contributed by atoms with Crippen LogP contribution in [0.2, 0.25) is 5.02 Å². The molecule has 136 valence electrons. The maximum Gasteiger partial charge on any atom is 0.283 e. The van der Waals surface area contributed by atoms with Crippen LogP contribution in [0.4, 0.5) is 5.69 Å². The van der Waals surface area contributed by atoms with Crippen molar-refractivity contribution in [3.63, 3.8) is 0 Å². The third-order valence-electron chi connectivity index (χ3n) is 3.64. The number of amides is 1. The maximum absolute atomic E-state index is 12.4. The van der Waals surface area contributed by atoms with Gasteiger partial charge in [0.1, 0.15) is 24.4 Å². The Morgan fingerprint density at radius 1 is 1.27 bits per heavy atom. The monoisotopic (exact) mass is 378 g/mol. The van der Waals surface area contributed by atoms with E-state index in [1.165, 1.54) is 37.4 Å². The number of carbonyl (C=O) groups excluding carboxylic acids is 1. The van der Waals surface area contributed by atoms with Gasteiger partial charge in [-0.15, -0.1) is 5.10 Å². The van der Waals surface area contributed by atoms with Gasteiger partial charge in [-0.25, -0.2) is 9.67 Å². The number of fused-ring (bicyclic) bond motifs is 1. The van der Waals surface area contributed by atoms with Crippen molar-refractivity contribution >= 4 is 34.4 Å². The molecule has 1 amide bonds. The van der Waals surface area contributed by atoms with E-state index < -0.39 is 11.5 Å². The average Bonchev–Trinajstić information content (AvgIpc) is 3.00. The molecule has 1 N–H and O–H groups in total. The minimum atomic E-state index is -0.459. The van der Waals surface area contributed by atoms with E-state index in [1.54, 1.807) is 7.05 Å². The molecule has 2 aromatic heterocycles. The number of benzene rings is 1. The number of ether oxygens (including phenoxy) is 2. The van der Waals surface area contributed by atoms with E-state index in [1.807, 2.05) is 0 Å². The van der Waals surface area contributed by atoms with Crippen molar-refractivity contribution < 1.29 is 14.3 Å². The molecule has 3 rings (SSSR count). The quantitative estimate of drug-likeness (QED) is 0.699. The number of carbonyl (C=O) groups is 1. The summed E-state index contributed by atoms with van der Waals surface area (Å²) in [6.45, 7) is -0.257. The lowest BCUT2D eigenvalue weighted by Crippen LogP contribution is -2.28. The number of methoxy groups -OCH3 is 2. The fourth-order valence-corrected chi connectivity index (χ4v) is 2.59. The summed E-state index contributed by atoms with van der Waals surface area (Å²) in [6, 6.07) is 3.06. The zero-order valence-electron chi connectivity index (χ0n) is 14.2. The molecule has 0 bridgehead atoms. The van der Waals surface area contributed by atoms with Gasteiger partial charge in [-0.1, -0.05) is 16.8 Å². The predicted molar refractivity (Wildman–Crippen MR) is 93.7 cm³/mol. The van der Waals surface area contributed by atoms with E-state index in [4.69, 9.17) is 21.1 Å². The van der Waals surface area contributed by atoms with Gasteiger partial charge in [-0.2, -0.15) is 0 Å². The van der Waals surface area contributed by atoms with E-state index in [9.17, 15) is 9.59 Å². The van der Waals surface area contributed by atoms with Crippen LogP contribution in [-0.4, -0.2) is 44.7 Å². The van der Waals surface area contributed by atoms with Crippen molar-refractivity contribution in [1.29, 1.82) is 0 Å². The Labute approximate surface area is 152 Å². The van der Waals surface area contributed by atoms with Crippen molar-refractivity contribution in [1.82, 2.24) is 24.5 Å².